The molecule has 0 N–H and O–H groups in total. The Hall–Kier alpha value is -2.61. The molecule has 2 aliphatic heterocycles. The predicted octanol–water partition coefficient (Wildman–Crippen LogP) is 2.07. The molecular weight excluding hydrogens is 360 g/mol. The van der Waals surface area contributed by atoms with E-state index in [2.05, 4.69) is 15.1 Å². The number of hydrogen-bond acceptors (Lipinski definition) is 7. The van der Waals surface area contributed by atoms with E-state index < -0.39 is 0 Å². The fourth-order valence-corrected chi connectivity index (χ4v) is 3.71. The summed E-state index contributed by atoms with van der Waals surface area (Å²) in [5.74, 6) is 3.32. The standard InChI is InChI=1S/C20H24N4O4/c25-20(15-4-5-16-17(12-15)27-11-10-26-16)24-7-1-6-23(8-9-24)13-18-21-22-19(28-18)14-2-3-14/h4-5,12,14H,1-3,6-11,13H2. The third kappa shape index (κ3) is 3.69. The SMILES string of the molecule is O=C(c1ccc2c(c1)OCCO2)N1CCCN(Cc2nnc(C3CC3)o2)CC1. The van der Waals surface area contributed by atoms with Crippen molar-refractivity contribution in [3.8, 4) is 11.5 Å². The first-order valence-corrected chi connectivity index (χ1v) is 10.00. The lowest BCUT2D eigenvalue weighted by Crippen LogP contribution is -2.35. The van der Waals surface area contributed by atoms with E-state index in [0.29, 0.717) is 55.2 Å². The van der Waals surface area contributed by atoms with Gasteiger partial charge in [-0.15, -0.1) is 10.2 Å². The molecule has 5 rings (SSSR count). The van der Waals surface area contributed by atoms with Crippen molar-refractivity contribution in [1.82, 2.24) is 20.0 Å². The highest BCUT2D eigenvalue weighted by molar-refractivity contribution is 5.95. The van der Waals surface area contributed by atoms with Crippen LogP contribution in [-0.4, -0.2) is 65.3 Å². The normalized spacial score (nSPS) is 20.1. The van der Waals surface area contributed by atoms with Crippen molar-refractivity contribution in [2.24, 2.45) is 0 Å². The summed E-state index contributed by atoms with van der Waals surface area (Å²) in [6.07, 6.45) is 3.23. The van der Waals surface area contributed by atoms with Crippen molar-refractivity contribution in [1.29, 1.82) is 0 Å². The van der Waals surface area contributed by atoms with Crippen molar-refractivity contribution < 1.29 is 18.7 Å². The number of rotatable bonds is 4. The summed E-state index contributed by atoms with van der Waals surface area (Å²) in [6.45, 7) is 4.82. The van der Waals surface area contributed by atoms with Crippen LogP contribution in [0.25, 0.3) is 0 Å². The van der Waals surface area contributed by atoms with E-state index in [1.54, 1.807) is 6.07 Å². The van der Waals surface area contributed by atoms with Crippen LogP contribution in [-0.2, 0) is 6.54 Å². The first-order valence-electron chi connectivity index (χ1n) is 10.00. The quantitative estimate of drug-likeness (QED) is 0.798. The molecule has 0 spiro atoms. The molecule has 2 aromatic rings. The number of carbonyl (C=O) groups excluding carboxylic acids is 1. The van der Waals surface area contributed by atoms with Crippen LogP contribution in [0.15, 0.2) is 22.6 Å². The molecule has 1 aromatic carbocycles. The lowest BCUT2D eigenvalue weighted by molar-refractivity contribution is 0.0759. The minimum absolute atomic E-state index is 0.0348. The number of hydrogen-bond donors (Lipinski definition) is 0. The van der Waals surface area contributed by atoms with Crippen molar-refractivity contribution >= 4 is 5.91 Å². The Morgan fingerprint density at radius 1 is 1.04 bits per heavy atom. The molecule has 2 fully saturated rings. The van der Waals surface area contributed by atoms with Crippen molar-refractivity contribution in [3.63, 3.8) is 0 Å². The van der Waals surface area contributed by atoms with Gasteiger partial charge in [-0.25, -0.2) is 0 Å². The van der Waals surface area contributed by atoms with E-state index in [1.165, 1.54) is 0 Å². The van der Waals surface area contributed by atoms with Gasteiger partial charge in [0.2, 0.25) is 11.8 Å². The Balaban J connectivity index is 1.20. The van der Waals surface area contributed by atoms with Gasteiger partial charge in [0.15, 0.2) is 11.5 Å². The van der Waals surface area contributed by atoms with E-state index in [4.69, 9.17) is 13.9 Å². The minimum atomic E-state index is 0.0348. The number of aromatic nitrogens is 2. The summed E-state index contributed by atoms with van der Waals surface area (Å²) in [6, 6.07) is 5.42. The Labute approximate surface area is 163 Å². The number of benzene rings is 1. The zero-order valence-electron chi connectivity index (χ0n) is 15.8. The van der Waals surface area contributed by atoms with Crippen molar-refractivity contribution in [2.45, 2.75) is 31.7 Å². The third-order valence-electron chi connectivity index (χ3n) is 5.43. The van der Waals surface area contributed by atoms with Gasteiger partial charge < -0.3 is 18.8 Å². The molecule has 8 nitrogen and oxygen atoms in total. The second kappa shape index (κ2) is 7.43. The van der Waals surface area contributed by atoms with Gasteiger partial charge in [0.1, 0.15) is 13.2 Å². The molecule has 1 saturated carbocycles. The Bertz CT molecular complexity index is 864. The Morgan fingerprint density at radius 2 is 1.89 bits per heavy atom. The van der Waals surface area contributed by atoms with Gasteiger partial charge in [-0.3, -0.25) is 9.69 Å². The third-order valence-corrected chi connectivity index (χ3v) is 5.43. The molecule has 0 bridgehead atoms. The summed E-state index contributed by atoms with van der Waals surface area (Å²) in [5.41, 5.74) is 0.642. The van der Waals surface area contributed by atoms with Crippen LogP contribution >= 0.6 is 0 Å². The second-order valence-corrected chi connectivity index (χ2v) is 7.59. The van der Waals surface area contributed by atoms with Crippen LogP contribution in [0.3, 0.4) is 0 Å². The fraction of sp³-hybridized carbons (Fsp3) is 0.550. The van der Waals surface area contributed by atoms with E-state index in [0.717, 1.165) is 44.8 Å². The van der Waals surface area contributed by atoms with Crippen LogP contribution in [0.4, 0.5) is 0 Å². The molecule has 8 heteroatoms. The van der Waals surface area contributed by atoms with E-state index in [9.17, 15) is 4.79 Å². The maximum atomic E-state index is 13.0. The predicted molar refractivity (Wildman–Crippen MR) is 99.5 cm³/mol. The highest BCUT2D eigenvalue weighted by Gasteiger charge is 2.30. The van der Waals surface area contributed by atoms with Crippen LogP contribution in [0.1, 0.15) is 47.3 Å². The van der Waals surface area contributed by atoms with Crippen LogP contribution in [0.2, 0.25) is 0 Å². The number of carbonyl (C=O) groups is 1. The topological polar surface area (TPSA) is 80.9 Å². The minimum Gasteiger partial charge on any atom is -0.486 e. The Morgan fingerprint density at radius 3 is 2.75 bits per heavy atom. The number of nitrogens with zero attached hydrogens (tertiary/aromatic N) is 4. The smallest absolute Gasteiger partial charge is 0.254 e. The molecule has 1 amide bonds. The fourth-order valence-electron chi connectivity index (χ4n) is 3.71. The van der Waals surface area contributed by atoms with Gasteiger partial charge in [0.05, 0.1) is 6.54 Å². The number of amides is 1. The largest absolute Gasteiger partial charge is 0.486 e. The molecule has 1 aromatic heterocycles. The van der Waals surface area contributed by atoms with Gasteiger partial charge in [0, 0.05) is 37.7 Å². The van der Waals surface area contributed by atoms with E-state index >= 15 is 0 Å². The monoisotopic (exact) mass is 384 g/mol. The molecule has 1 aliphatic carbocycles. The van der Waals surface area contributed by atoms with Gasteiger partial charge in [-0.1, -0.05) is 0 Å². The van der Waals surface area contributed by atoms with E-state index in [-0.39, 0.29) is 5.91 Å². The summed E-state index contributed by atoms with van der Waals surface area (Å²) in [7, 11) is 0. The molecule has 0 atom stereocenters. The average Bonchev–Trinajstić information content (AvgIpc) is 3.51. The van der Waals surface area contributed by atoms with Gasteiger partial charge in [0.25, 0.3) is 5.91 Å². The second-order valence-electron chi connectivity index (χ2n) is 7.59. The summed E-state index contributed by atoms with van der Waals surface area (Å²) >= 11 is 0. The molecule has 148 valence electrons. The summed E-state index contributed by atoms with van der Waals surface area (Å²) in [4.78, 5) is 17.1. The molecule has 3 aliphatic rings. The van der Waals surface area contributed by atoms with Crippen LogP contribution in [0.5, 0.6) is 11.5 Å². The van der Waals surface area contributed by atoms with Gasteiger partial charge in [-0.2, -0.15) is 0 Å². The highest BCUT2D eigenvalue weighted by Crippen LogP contribution is 2.39. The van der Waals surface area contributed by atoms with E-state index in [1.807, 2.05) is 17.0 Å². The lowest BCUT2D eigenvalue weighted by atomic mass is 10.1. The summed E-state index contributed by atoms with van der Waals surface area (Å²) in [5, 5.41) is 8.34. The van der Waals surface area contributed by atoms with Gasteiger partial charge in [-0.05, 0) is 37.5 Å². The van der Waals surface area contributed by atoms with Crippen LogP contribution < -0.4 is 9.47 Å². The number of fused-ring (bicyclic) bond motifs is 1. The average molecular weight is 384 g/mol. The number of ether oxygens (including phenoxy) is 2. The maximum absolute atomic E-state index is 13.0. The van der Waals surface area contributed by atoms with Crippen LogP contribution in [0, 0.1) is 0 Å². The first kappa shape index (κ1) is 17.5. The zero-order valence-corrected chi connectivity index (χ0v) is 15.8. The molecular formula is C20H24N4O4. The zero-order chi connectivity index (χ0) is 18.9. The molecule has 3 heterocycles. The first-order chi connectivity index (χ1) is 13.8. The summed E-state index contributed by atoms with van der Waals surface area (Å²) < 4.78 is 16.9. The highest BCUT2D eigenvalue weighted by atomic mass is 16.6. The Kier molecular flexibility index (Phi) is 4.64. The van der Waals surface area contributed by atoms with Gasteiger partial charge >= 0.3 is 0 Å². The lowest BCUT2D eigenvalue weighted by Gasteiger charge is -2.23. The maximum Gasteiger partial charge on any atom is 0.254 e. The molecule has 28 heavy (non-hydrogen) atoms. The molecule has 1 saturated heterocycles. The van der Waals surface area contributed by atoms with Crippen molar-refractivity contribution in [2.75, 3.05) is 39.4 Å². The molecule has 0 unspecified atom stereocenters. The molecule has 0 radical (unpaired) electrons. The van der Waals surface area contributed by atoms with Crippen molar-refractivity contribution in [3.05, 3.63) is 35.5 Å².